The molecule has 5 nitrogen and oxygen atoms in total. The molecule has 0 radical (unpaired) electrons. The van der Waals surface area contributed by atoms with E-state index in [1.165, 1.54) is 5.56 Å². The highest BCUT2D eigenvalue weighted by molar-refractivity contribution is 7.80. The molecule has 6 heteroatoms. The van der Waals surface area contributed by atoms with Crippen LogP contribution in [0.25, 0.3) is 0 Å². The molecule has 0 spiro atoms. The summed E-state index contributed by atoms with van der Waals surface area (Å²) in [5, 5.41) is 12.1. The molecule has 1 aromatic carbocycles. The van der Waals surface area contributed by atoms with Gasteiger partial charge in [-0.1, -0.05) is 26.0 Å². The molecule has 0 unspecified atom stereocenters. The molecule has 1 aromatic heterocycles. The van der Waals surface area contributed by atoms with Crippen molar-refractivity contribution in [3.05, 3.63) is 46.8 Å². The normalized spacial score (nSPS) is 11.2. The summed E-state index contributed by atoms with van der Waals surface area (Å²) < 4.78 is 1.84. The summed E-state index contributed by atoms with van der Waals surface area (Å²) in [5.41, 5.74) is 8.09. The van der Waals surface area contributed by atoms with E-state index in [0.29, 0.717) is 11.0 Å². The van der Waals surface area contributed by atoms with E-state index in [4.69, 9.17) is 12.2 Å². The van der Waals surface area contributed by atoms with Crippen molar-refractivity contribution < 1.29 is 0 Å². The van der Waals surface area contributed by atoms with Crippen molar-refractivity contribution in [2.75, 3.05) is 5.32 Å². The third kappa shape index (κ3) is 4.39. The molecule has 0 fully saturated rings. The van der Waals surface area contributed by atoms with E-state index in [2.05, 4.69) is 46.9 Å². The summed E-state index contributed by atoms with van der Waals surface area (Å²) in [6.07, 6.45) is 1.74. The summed E-state index contributed by atoms with van der Waals surface area (Å²) in [7, 11) is 1.92. The van der Waals surface area contributed by atoms with Crippen LogP contribution in [0.3, 0.4) is 0 Å². The van der Waals surface area contributed by atoms with Crippen molar-refractivity contribution >= 4 is 29.2 Å². The van der Waals surface area contributed by atoms with Gasteiger partial charge in [-0.3, -0.25) is 10.1 Å². The lowest BCUT2D eigenvalue weighted by Gasteiger charge is -2.09. The molecule has 1 heterocycles. The zero-order chi connectivity index (χ0) is 17.0. The molecule has 2 N–H and O–H groups in total. The Bertz CT molecular complexity index is 713. The molecule has 2 rings (SSSR count). The monoisotopic (exact) mass is 329 g/mol. The van der Waals surface area contributed by atoms with Gasteiger partial charge in [-0.2, -0.15) is 10.2 Å². The Hall–Kier alpha value is -2.21. The number of anilines is 1. The second-order valence-electron chi connectivity index (χ2n) is 5.81. The molecule has 0 aliphatic carbocycles. The summed E-state index contributed by atoms with van der Waals surface area (Å²) >= 11 is 5.25. The minimum Gasteiger partial charge on any atom is -0.331 e. The van der Waals surface area contributed by atoms with Gasteiger partial charge in [0.25, 0.3) is 0 Å². The highest BCUT2D eigenvalue weighted by Crippen LogP contribution is 2.17. The smallest absolute Gasteiger partial charge is 0.191 e. The molecule has 0 aliphatic heterocycles. The number of thiocarbonyl (C=S) groups is 1. The van der Waals surface area contributed by atoms with Gasteiger partial charge in [-0.05, 0) is 49.7 Å². The van der Waals surface area contributed by atoms with Crippen LogP contribution in [0.2, 0.25) is 0 Å². The number of benzene rings is 1. The number of aromatic nitrogens is 2. The van der Waals surface area contributed by atoms with Gasteiger partial charge < -0.3 is 5.32 Å². The van der Waals surface area contributed by atoms with Crippen LogP contribution in [-0.4, -0.2) is 21.1 Å². The lowest BCUT2D eigenvalue weighted by Crippen LogP contribution is -2.23. The Kier molecular flexibility index (Phi) is 5.50. The Morgan fingerprint density at radius 2 is 1.91 bits per heavy atom. The zero-order valence-electron chi connectivity index (χ0n) is 14.2. The van der Waals surface area contributed by atoms with Crippen molar-refractivity contribution in [3.63, 3.8) is 0 Å². The Labute approximate surface area is 142 Å². The van der Waals surface area contributed by atoms with Crippen molar-refractivity contribution in [2.24, 2.45) is 12.1 Å². The second kappa shape index (κ2) is 7.37. The van der Waals surface area contributed by atoms with Crippen LogP contribution in [0.1, 0.15) is 42.3 Å². The average molecular weight is 329 g/mol. The number of hydrogen-bond donors (Lipinski definition) is 2. The molecule has 0 atom stereocenters. The fourth-order valence-corrected chi connectivity index (χ4v) is 2.41. The number of hydrogen-bond acceptors (Lipinski definition) is 3. The van der Waals surface area contributed by atoms with Crippen LogP contribution in [0, 0.1) is 13.8 Å². The Balaban J connectivity index is 1.93. The first-order valence-corrected chi connectivity index (χ1v) is 7.99. The topological polar surface area (TPSA) is 54.2 Å². The van der Waals surface area contributed by atoms with Gasteiger partial charge in [-0.25, -0.2) is 0 Å². The summed E-state index contributed by atoms with van der Waals surface area (Å²) in [6.45, 7) is 8.31. The average Bonchev–Trinajstić information content (AvgIpc) is 2.74. The van der Waals surface area contributed by atoms with Crippen LogP contribution in [0.5, 0.6) is 0 Å². The molecule has 0 amide bonds. The first-order chi connectivity index (χ1) is 10.9. The minimum absolute atomic E-state index is 0.456. The quantitative estimate of drug-likeness (QED) is 0.512. The first-order valence-electron chi connectivity index (χ1n) is 7.58. The molecular weight excluding hydrogens is 306 g/mol. The van der Waals surface area contributed by atoms with Crippen molar-refractivity contribution in [1.29, 1.82) is 0 Å². The Morgan fingerprint density at radius 1 is 1.26 bits per heavy atom. The molecule has 0 saturated carbocycles. The summed E-state index contributed by atoms with van der Waals surface area (Å²) in [4.78, 5) is 0. The highest BCUT2D eigenvalue weighted by Gasteiger charge is 2.06. The molecule has 0 saturated heterocycles. The molecule has 23 heavy (non-hydrogen) atoms. The van der Waals surface area contributed by atoms with Crippen LogP contribution in [0.4, 0.5) is 5.69 Å². The number of nitrogens with one attached hydrogen (secondary N) is 2. The first kappa shape index (κ1) is 17.1. The maximum Gasteiger partial charge on any atom is 0.191 e. The maximum atomic E-state index is 5.25. The largest absolute Gasteiger partial charge is 0.331 e. The molecule has 0 bridgehead atoms. The van der Waals surface area contributed by atoms with E-state index in [9.17, 15) is 0 Å². The van der Waals surface area contributed by atoms with Crippen LogP contribution in [0.15, 0.2) is 29.4 Å². The fourth-order valence-electron chi connectivity index (χ4n) is 2.24. The fraction of sp³-hybridized carbons (Fsp3) is 0.353. The third-order valence-corrected chi connectivity index (χ3v) is 3.95. The van der Waals surface area contributed by atoms with Crippen LogP contribution < -0.4 is 10.7 Å². The number of aryl methyl sites for hydroxylation is 2. The Morgan fingerprint density at radius 3 is 2.43 bits per heavy atom. The lowest BCUT2D eigenvalue weighted by atomic mass is 10.0. The summed E-state index contributed by atoms with van der Waals surface area (Å²) in [6, 6.07) is 8.23. The number of nitrogens with zero attached hydrogens (tertiary/aromatic N) is 3. The molecular formula is C17H23N5S. The SMILES string of the molecule is Cc1nn(C)c(C)c1/C=N\NC(=S)Nc1ccc(C(C)C)cc1. The van der Waals surface area contributed by atoms with Gasteiger partial charge in [0.2, 0.25) is 0 Å². The van der Waals surface area contributed by atoms with Crippen LogP contribution in [-0.2, 0) is 7.05 Å². The van der Waals surface area contributed by atoms with Gasteiger partial charge in [0.15, 0.2) is 5.11 Å². The van der Waals surface area contributed by atoms with E-state index >= 15 is 0 Å². The minimum atomic E-state index is 0.456. The number of hydrazone groups is 1. The number of rotatable bonds is 4. The van der Waals surface area contributed by atoms with Gasteiger partial charge in [-0.15, -0.1) is 0 Å². The van der Waals surface area contributed by atoms with Crippen molar-refractivity contribution in [1.82, 2.24) is 15.2 Å². The van der Waals surface area contributed by atoms with E-state index < -0.39 is 0 Å². The molecule has 2 aromatic rings. The predicted molar refractivity (Wildman–Crippen MR) is 100 cm³/mol. The van der Waals surface area contributed by atoms with E-state index in [1.807, 2.05) is 37.7 Å². The maximum absolute atomic E-state index is 5.25. The summed E-state index contributed by atoms with van der Waals surface area (Å²) in [5.74, 6) is 0.518. The van der Waals surface area contributed by atoms with Crippen LogP contribution >= 0.6 is 12.2 Å². The van der Waals surface area contributed by atoms with Crippen molar-refractivity contribution in [2.45, 2.75) is 33.6 Å². The predicted octanol–water partition coefficient (Wildman–Crippen LogP) is 3.48. The zero-order valence-corrected chi connectivity index (χ0v) is 15.0. The van der Waals surface area contributed by atoms with Gasteiger partial charge in [0.05, 0.1) is 11.9 Å². The van der Waals surface area contributed by atoms with E-state index in [-0.39, 0.29) is 0 Å². The lowest BCUT2D eigenvalue weighted by molar-refractivity contribution is 0.731. The van der Waals surface area contributed by atoms with Crippen molar-refractivity contribution in [3.8, 4) is 0 Å². The second-order valence-corrected chi connectivity index (χ2v) is 6.22. The van der Waals surface area contributed by atoms with E-state index in [1.54, 1.807) is 6.21 Å². The molecule has 122 valence electrons. The van der Waals surface area contributed by atoms with E-state index in [0.717, 1.165) is 22.6 Å². The van der Waals surface area contributed by atoms with Gasteiger partial charge in [0, 0.05) is 24.0 Å². The highest BCUT2D eigenvalue weighted by atomic mass is 32.1. The standard InChI is InChI=1S/C17H23N5S/c1-11(2)14-6-8-15(9-7-14)19-17(23)20-18-10-16-12(3)21-22(5)13(16)4/h6-11H,1-5H3,(H2,19,20,23)/b18-10-. The third-order valence-electron chi connectivity index (χ3n) is 3.76. The van der Waals surface area contributed by atoms with Gasteiger partial charge in [0.1, 0.15) is 0 Å². The van der Waals surface area contributed by atoms with Gasteiger partial charge >= 0.3 is 0 Å². The molecule has 0 aliphatic rings.